The number of nitrogens with zero attached hydrogens (tertiary/aromatic N) is 3. The van der Waals surface area contributed by atoms with Crippen LogP contribution in [0.3, 0.4) is 0 Å². The first kappa shape index (κ1) is 12.1. The van der Waals surface area contributed by atoms with Gasteiger partial charge in [0.2, 0.25) is 0 Å². The molecule has 0 amide bonds. The fourth-order valence-electron chi connectivity index (χ4n) is 1.47. The molecule has 1 aromatic carbocycles. The molecule has 0 aliphatic heterocycles. The number of hydrogen-bond donors (Lipinski definition) is 1. The minimum atomic E-state index is -0.409. The van der Waals surface area contributed by atoms with Crippen LogP contribution in [0.15, 0.2) is 41.6 Å². The third kappa shape index (κ3) is 3.57. The van der Waals surface area contributed by atoms with Gasteiger partial charge in [0, 0.05) is 5.75 Å². The minimum Gasteiger partial charge on any atom is -0.391 e. The maximum atomic E-state index is 9.34. The van der Waals surface area contributed by atoms with Crippen LogP contribution in [-0.2, 0) is 12.3 Å². The first-order valence-corrected chi connectivity index (χ1v) is 6.47. The van der Waals surface area contributed by atoms with Crippen LogP contribution in [0.5, 0.6) is 0 Å². The van der Waals surface area contributed by atoms with E-state index in [0.29, 0.717) is 6.54 Å². The van der Waals surface area contributed by atoms with Crippen molar-refractivity contribution in [2.45, 2.75) is 30.4 Å². The van der Waals surface area contributed by atoms with E-state index in [9.17, 15) is 5.11 Å². The number of rotatable bonds is 5. The molecular formula is C12H15N3OS. The van der Waals surface area contributed by atoms with Crippen LogP contribution in [-0.4, -0.2) is 26.2 Å². The van der Waals surface area contributed by atoms with Crippen LogP contribution in [0.4, 0.5) is 0 Å². The molecule has 0 radical (unpaired) electrons. The van der Waals surface area contributed by atoms with Crippen molar-refractivity contribution in [2.75, 3.05) is 0 Å². The van der Waals surface area contributed by atoms with E-state index in [1.165, 1.54) is 5.56 Å². The number of thioether (sulfide) groups is 1. The van der Waals surface area contributed by atoms with E-state index in [-0.39, 0.29) is 0 Å². The third-order valence-corrected chi connectivity index (χ3v) is 3.34. The maximum absolute atomic E-state index is 9.34. The van der Waals surface area contributed by atoms with Gasteiger partial charge in [0.1, 0.15) is 5.03 Å². The molecule has 0 bridgehead atoms. The fraction of sp³-hybridized carbons (Fsp3) is 0.333. The van der Waals surface area contributed by atoms with Gasteiger partial charge in [-0.15, -0.1) is 16.9 Å². The summed E-state index contributed by atoms with van der Waals surface area (Å²) in [7, 11) is 0. The molecule has 4 nitrogen and oxygen atoms in total. The highest BCUT2D eigenvalue weighted by Crippen LogP contribution is 2.21. The molecule has 1 heterocycles. The topological polar surface area (TPSA) is 50.9 Å². The molecular weight excluding hydrogens is 234 g/mol. The van der Waals surface area contributed by atoms with Crippen LogP contribution in [0.1, 0.15) is 12.5 Å². The lowest BCUT2D eigenvalue weighted by atomic mass is 10.2. The van der Waals surface area contributed by atoms with Crippen LogP contribution in [0.25, 0.3) is 0 Å². The Hall–Kier alpha value is -1.33. The van der Waals surface area contributed by atoms with E-state index < -0.39 is 6.10 Å². The Morgan fingerprint density at radius 2 is 2.12 bits per heavy atom. The van der Waals surface area contributed by atoms with Gasteiger partial charge in [-0.3, -0.25) is 0 Å². The second-order valence-corrected chi connectivity index (χ2v) is 4.87. The molecule has 0 unspecified atom stereocenters. The van der Waals surface area contributed by atoms with Gasteiger partial charge in [-0.2, -0.15) is 0 Å². The average Bonchev–Trinajstić information content (AvgIpc) is 2.74. The zero-order chi connectivity index (χ0) is 12.1. The molecule has 0 aliphatic carbocycles. The predicted molar refractivity (Wildman–Crippen MR) is 67.7 cm³/mol. The summed E-state index contributed by atoms with van der Waals surface area (Å²) in [5, 5.41) is 18.1. The quantitative estimate of drug-likeness (QED) is 0.823. The van der Waals surface area contributed by atoms with Gasteiger partial charge in [0.15, 0.2) is 0 Å². The Balaban J connectivity index is 1.97. The Bertz CT molecular complexity index is 456. The van der Waals surface area contributed by atoms with Crippen LogP contribution in [0.2, 0.25) is 0 Å². The second-order valence-electron chi connectivity index (χ2n) is 3.88. The van der Waals surface area contributed by atoms with Gasteiger partial charge in [-0.25, -0.2) is 4.68 Å². The van der Waals surface area contributed by atoms with Gasteiger partial charge < -0.3 is 5.11 Å². The predicted octanol–water partition coefficient (Wildman–Crippen LogP) is 1.95. The standard InChI is InChI=1S/C12H15N3OS/c1-10(16)8-15-12(7-13-14-15)17-9-11-5-3-2-4-6-11/h2-7,10,16H,8-9H2,1H3/t10-/m1/s1. The lowest BCUT2D eigenvalue weighted by Gasteiger charge is -2.07. The molecule has 0 fully saturated rings. The van der Waals surface area contributed by atoms with Crippen molar-refractivity contribution in [3.63, 3.8) is 0 Å². The third-order valence-electron chi connectivity index (χ3n) is 2.25. The van der Waals surface area contributed by atoms with E-state index in [1.807, 2.05) is 18.2 Å². The summed E-state index contributed by atoms with van der Waals surface area (Å²) < 4.78 is 1.73. The zero-order valence-electron chi connectivity index (χ0n) is 9.65. The highest BCUT2D eigenvalue weighted by molar-refractivity contribution is 7.98. The van der Waals surface area contributed by atoms with Crippen molar-refractivity contribution >= 4 is 11.8 Å². The molecule has 2 rings (SSSR count). The van der Waals surface area contributed by atoms with Crippen LogP contribution in [0, 0.1) is 0 Å². The monoisotopic (exact) mass is 249 g/mol. The van der Waals surface area contributed by atoms with Crippen molar-refractivity contribution in [1.82, 2.24) is 15.0 Å². The fourth-order valence-corrected chi connectivity index (χ4v) is 2.36. The summed E-state index contributed by atoms with van der Waals surface area (Å²) in [6, 6.07) is 10.3. The van der Waals surface area contributed by atoms with Crippen LogP contribution >= 0.6 is 11.8 Å². The summed E-state index contributed by atoms with van der Waals surface area (Å²) >= 11 is 1.68. The number of aliphatic hydroxyl groups is 1. The van der Waals surface area contributed by atoms with E-state index in [4.69, 9.17) is 0 Å². The van der Waals surface area contributed by atoms with Crippen LogP contribution < -0.4 is 0 Å². The Kier molecular flexibility index (Phi) is 4.17. The molecule has 5 heteroatoms. The molecule has 2 aromatic rings. The van der Waals surface area contributed by atoms with Gasteiger partial charge >= 0.3 is 0 Å². The first-order chi connectivity index (χ1) is 8.25. The highest BCUT2D eigenvalue weighted by Gasteiger charge is 2.07. The van der Waals surface area contributed by atoms with Crippen molar-refractivity contribution < 1.29 is 5.11 Å². The Morgan fingerprint density at radius 1 is 1.35 bits per heavy atom. The summed E-state index contributed by atoms with van der Waals surface area (Å²) in [6.45, 7) is 2.23. The summed E-state index contributed by atoms with van der Waals surface area (Å²) in [6.07, 6.45) is 1.32. The number of hydrogen-bond acceptors (Lipinski definition) is 4. The van der Waals surface area contributed by atoms with Gasteiger partial charge in [0.05, 0.1) is 18.8 Å². The SMILES string of the molecule is C[C@@H](O)Cn1nncc1SCc1ccccc1. The molecule has 17 heavy (non-hydrogen) atoms. The molecule has 1 aromatic heterocycles. The van der Waals surface area contributed by atoms with Crippen molar-refractivity contribution in [2.24, 2.45) is 0 Å². The lowest BCUT2D eigenvalue weighted by molar-refractivity contribution is 0.164. The van der Waals surface area contributed by atoms with Crippen molar-refractivity contribution in [3.05, 3.63) is 42.1 Å². The smallest absolute Gasteiger partial charge is 0.115 e. The van der Waals surface area contributed by atoms with Gasteiger partial charge in [0.25, 0.3) is 0 Å². The average molecular weight is 249 g/mol. The van der Waals surface area contributed by atoms with Crippen molar-refractivity contribution in [1.29, 1.82) is 0 Å². The zero-order valence-corrected chi connectivity index (χ0v) is 10.5. The van der Waals surface area contributed by atoms with E-state index in [2.05, 4.69) is 22.4 Å². The maximum Gasteiger partial charge on any atom is 0.115 e. The molecule has 90 valence electrons. The molecule has 1 N–H and O–H groups in total. The lowest BCUT2D eigenvalue weighted by Crippen LogP contribution is -2.13. The Labute approximate surface area is 105 Å². The normalized spacial score (nSPS) is 12.6. The number of aliphatic hydroxyl groups excluding tert-OH is 1. The molecule has 0 spiro atoms. The number of benzene rings is 1. The first-order valence-electron chi connectivity index (χ1n) is 5.49. The number of aromatic nitrogens is 3. The summed E-state index contributed by atoms with van der Waals surface area (Å²) in [4.78, 5) is 0. The van der Waals surface area contributed by atoms with Crippen molar-refractivity contribution in [3.8, 4) is 0 Å². The van der Waals surface area contributed by atoms with E-state index >= 15 is 0 Å². The molecule has 0 saturated carbocycles. The van der Waals surface area contributed by atoms with Gasteiger partial charge in [-0.1, -0.05) is 35.5 Å². The molecule has 0 aliphatic rings. The Morgan fingerprint density at radius 3 is 2.82 bits per heavy atom. The van der Waals surface area contributed by atoms with E-state index in [0.717, 1.165) is 10.8 Å². The second kappa shape index (κ2) is 5.84. The molecule has 0 saturated heterocycles. The van der Waals surface area contributed by atoms with E-state index in [1.54, 1.807) is 29.6 Å². The van der Waals surface area contributed by atoms with Gasteiger partial charge in [-0.05, 0) is 12.5 Å². The molecule has 1 atom stereocenters. The summed E-state index contributed by atoms with van der Waals surface area (Å²) in [5.74, 6) is 0.883. The largest absolute Gasteiger partial charge is 0.391 e. The summed E-state index contributed by atoms with van der Waals surface area (Å²) in [5.41, 5.74) is 1.27. The minimum absolute atomic E-state index is 0.409. The highest BCUT2D eigenvalue weighted by atomic mass is 32.2.